The normalized spacial score (nSPS) is 5.67. The topological polar surface area (TPSA) is 90.1 Å². The molecular formula is C2H9N3O. The van der Waals surface area contributed by atoms with Gasteiger partial charge in [0.25, 0.3) is 0 Å². The maximum absolute atomic E-state index is 9.58. The van der Waals surface area contributed by atoms with Crippen LogP contribution in [0.2, 0.25) is 0 Å². The van der Waals surface area contributed by atoms with E-state index in [1.165, 1.54) is 6.92 Å². The molecule has 0 aromatic heterocycles. The average molecular weight is 91.1 g/mol. The zero-order chi connectivity index (χ0) is 4.28. The highest BCUT2D eigenvalue weighted by atomic mass is 16.2. The molecule has 0 bridgehead atoms. The second-order valence-corrected chi connectivity index (χ2v) is 0.701. The lowest BCUT2D eigenvalue weighted by molar-refractivity contribution is -0.119. The van der Waals surface area contributed by atoms with E-state index >= 15 is 0 Å². The molecule has 4 heteroatoms. The molecule has 0 saturated carbocycles. The number of hydrogen-bond acceptors (Lipinski definition) is 3. The van der Waals surface area contributed by atoms with Gasteiger partial charge in [-0.05, 0) is 0 Å². The first-order valence-electron chi connectivity index (χ1n) is 1.24. The van der Waals surface area contributed by atoms with E-state index in [9.17, 15) is 4.79 Å². The highest BCUT2D eigenvalue weighted by Crippen LogP contribution is 1.41. The Hall–Kier alpha value is -0.610. The molecule has 4 nitrogen and oxygen atoms in total. The lowest BCUT2D eigenvalue weighted by Gasteiger charge is -1.80. The number of hydrazine groups is 1. The number of nitrogens with two attached hydrogens (primary N) is 1. The maximum Gasteiger partial charge on any atom is 0.230 e. The molecule has 0 saturated heterocycles. The van der Waals surface area contributed by atoms with Gasteiger partial charge in [0.05, 0.1) is 0 Å². The van der Waals surface area contributed by atoms with Gasteiger partial charge in [0.2, 0.25) is 5.91 Å². The van der Waals surface area contributed by atoms with Crippen LogP contribution in [0.5, 0.6) is 0 Å². The van der Waals surface area contributed by atoms with Gasteiger partial charge in [-0.25, -0.2) is 5.84 Å². The Morgan fingerprint density at radius 3 is 2.00 bits per heavy atom. The third-order valence-corrected chi connectivity index (χ3v) is 0.203. The minimum atomic E-state index is -0.218. The molecule has 6 N–H and O–H groups in total. The Bertz CT molecular complexity index is 44.1. The van der Waals surface area contributed by atoms with Gasteiger partial charge in [0.15, 0.2) is 0 Å². The molecule has 1 amide bonds. The zero-order valence-electron chi connectivity index (χ0n) is 3.69. The second-order valence-electron chi connectivity index (χ2n) is 0.701. The summed E-state index contributed by atoms with van der Waals surface area (Å²) in [4.78, 5) is 9.58. The van der Waals surface area contributed by atoms with E-state index in [0.29, 0.717) is 0 Å². The third kappa shape index (κ3) is 10.0. The van der Waals surface area contributed by atoms with Crippen molar-refractivity contribution in [3.05, 3.63) is 0 Å². The van der Waals surface area contributed by atoms with Crippen molar-refractivity contribution in [1.29, 1.82) is 0 Å². The lowest BCUT2D eigenvalue weighted by atomic mass is 10.8. The highest BCUT2D eigenvalue weighted by molar-refractivity contribution is 5.71. The van der Waals surface area contributed by atoms with Crippen molar-refractivity contribution in [3.8, 4) is 0 Å². The zero-order valence-corrected chi connectivity index (χ0v) is 3.69. The van der Waals surface area contributed by atoms with E-state index < -0.39 is 0 Å². The van der Waals surface area contributed by atoms with Gasteiger partial charge < -0.3 is 6.15 Å². The summed E-state index contributed by atoms with van der Waals surface area (Å²) in [7, 11) is 0. The number of amides is 1. The quantitative estimate of drug-likeness (QED) is 0.206. The Morgan fingerprint density at radius 2 is 2.00 bits per heavy atom. The summed E-state index contributed by atoms with van der Waals surface area (Å²) in [5.74, 6) is 4.35. The smallest absolute Gasteiger partial charge is 0.230 e. The molecule has 0 rings (SSSR count). The largest absolute Gasteiger partial charge is 0.344 e. The van der Waals surface area contributed by atoms with E-state index in [-0.39, 0.29) is 12.1 Å². The molecule has 6 heavy (non-hydrogen) atoms. The summed E-state index contributed by atoms with van der Waals surface area (Å²) in [5, 5.41) is 0. The van der Waals surface area contributed by atoms with Crippen LogP contribution in [0.3, 0.4) is 0 Å². The summed E-state index contributed by atoms with van der Waals surface area (Å²) in [5.41, 5.74) is 1.89. The van der Waals surface area contributed by atoms with E-state index in [0.717, 1.165) is 0 Å². The standard InChI is InChI=1S/C2H6N2O.H3N/c1-2(5)4-3;/h3H2,1H3,(H,4,5);1H3. The fourth-order valence-electron chi connectivity index (χ4n) is 0. The van der Waals surface area contributed by atoms with Gasteiger partial charge in [-0.2, -0.15) is 0 Å². The second kappa shape index (κ2) is 4.39. The van der Waals surface area contributed by atoms with Crippen LogP contribution in [0, 0.1) is 0 Å². The molecule has 0 heterocycles. The molecule has 0 aromatic rings. The summed E-state index contributed by atoms with van der Waals surface area (Å²) in [6.45, 7) is 1.35. The van der Waals surface area contributed by atoms with Gasteiger partial charge in [-0.3, -0.25) is 10.2 Å². The van der Waals surface area contributed by atoms with Crippen LogP contribution in [0.25, 0.3) is 0 Å². The Kier molecular flexibility index (Phi) is 6.61. The van der Waals surface area contributed by atoms with Crippen LogP contribution in [0.4, 0.5) is 0 Å². The van der Waals surface area contributed by atoms with Crippen molar-refractivity contribution in [1.82, 2.24) is 11.6 Å². The van der Waals surface area contributed by atoms with Crippen molar-refractivity contribution in [2.24, 2.45) is 5.84 Å². The Balaban J connectivity index is 0. The minimum Gasteiger partial charge on any atom is -0.344 e. The molecule has 0 aliphatic carbocycles. The summed E-state index contributed by atoms with van der Waals surface area (Å²) in [6, 6.07) is 0. The van der Waals surface area contributed by atoms with Gasteiger partial charge in [0, 0.05) is 6.92 Å². The van der Waals surface area contributed by atoms with E-state index in [1.54, 1.807) is 0 Å². The summed E-state index contributed by atoms with van der Waals surface area (Å²) >= 11 is 0. The van der Waals surface area contributed by atoms with Crippen molar-refractivity contribution in [2.75, 3.05) is 0 Å². The molecule has 0 aromatic carbocycles. The Morgan fingerprint density at radius 1 is 1.83 bits per heavy atom. The molecular weight excluding hydrogens is 82.0 g/mol. The van der Waals surface area contributed by atoms with Crippen LogP contribution in [-0.2, 0) is 4.79 Å². The van der Waals surface area contributed by atoms with Crippen LogP contribution >= 0.6 is 0 Å². The van der Waals surface area contributed by atoms with Crippen molar-refractivity contribution in [3.63, 3.8) is 0 Å². The maximum atomic E-state index is 9.58. The molecule has 38 valence electrons. The van der Waals surface area contributed by atoms with Gasteiger partial charge >= 0.3 is 0 Å². The molecule has 0 aliphatic rings. The minimum absolute atomic E-state index is 0. The number of carbonyl (C=O) groups is 1. The molecule has 0 aliphatic heterocycles. The van der Waals surface area contributed by atoms with Gasteiger partial charge in [0.1, 0.15) is 0 Å². The summed E-state index contributed by atoms with van der Waals surface area (Å²) < 4.78 is 0. The molecule has 0 unspecified atom stereocenters. The predicted octanol–water partition coefficient (Wildman–Crippen LogP) is -0.842. The molecule has 0 fully saturated rings. The van der Waals surface area contributed by atoms with Crippen molar-refractivity contribution in [2.45, 2.75) is 6.92 Å². The van der Waals surface area contributed by atoms with Crippen LogP contribution in [0.15, 0.2) is 0 Å². The number of nitrogens with one attached hydrogen (secondary N) is 1. The third-order valence-electron chi connectivity index (χ3n) is 0.203. The average Bonchev–Trinajstić information content (AvgIpc) is 1.38. The van der Waals surface area contributed by atoms with E-state index in [1.807, 2.05) is 5.43 Å². The monoisotopic (exact) mass is 91.1 g/mol. The molecule has 0 radical (unpaired) electrons. The van der Waals surface area contributed by atoms with Crippen LogP contribution < -0.4 is 17.4 Å². The van der Waals surface area contributed by atoms with Crippen LogP contribution in [0.1, 0.15) is 6.92 Å². The van der Waals surface area contributed by atoms with E-state index in [2.05, 4.69) is 5.84 Å². The highest BCUT2D eigenvalue weighted by Gasteiger charge is 1.73. The SMILES string of the molecule is CC(=O)NN.N. The Labute approximate surface area is 36.3 Å². The summed E-state index contributed by atoms with van der Waals surface area (Å²) in [6.07, 6.45) is 0. The number of rotatable bonds is 0. The van der Waals surface area contributed by atoms with Crippen LogP contribution in [-0.4, -0.2) is 5.91 Å². The predicted molar refractivity (Wildman–Crippen MR) is 23.0 cm³/mol. The molecule has 0 atom stereocenters. The first kappa shape index (κ1) is 9.04. The molecule has 0 spiro atoms. The fraction of sp³-hybridized carbons (Fsp3) is 0.500. The van der Waals surface area contributed by atoms with Crippen molar-refractivity contribution < 1.29 is 4.79 Å². The first-order chi connectivity index (χ1) is 2.27. The van der Waals surface area contributed by atoms with E-state index in [4.69, 9.17) is 0 Å². The lowest BCUT2D eigenvalue weighted by Crippen LogP contribution is -2.26. The number of carbonyl (C=O) groups excluding carboxylic acids is 1. The first-order valence-corrected chi connectivity index (χ1v) is 1.24. The fourth-order valence-corrected chi connectivity index (χ4v) is 0. The van der Waals surface area contributed by atoms with Gasteiger partial charge in [-0.1, -0.05) is 0 Å². The number of hydrogen-bond donors (Lipinski definition) is 3. The van der Waals surface area contributed by atoms with Crippen molar-refractivity contribution >= 4 is 5.91 Å². The van der Waals surface area contributed by atoms with Gasteiger partial charge in [-0.15, -0.1) is 0 Å².